The topological polar surface area (TPSA) is 50.9 Å². The maximum absolute atomic E-state index is 6.20. The van der Waals surface area contributed by atoms with Crippen LogP contribution in [0.2, 0.25) is 0 Å². The van der Waals surface area contributed by atoms with Gasteiger partial charge in [-0.1, -0.05) is 37.3 Å². The number of nitrogens with two attached hydrogens (primary N) is 1. The summed E-state index contributed by atoms with van der Waals surface area (Å²) in [6.45, 7) is 5.14. The van der Waals surface area contributed by atoms with Crippen LogP contribution in [0.1, 0.15) is 41.8 Å². The monoisotopic (exact) mass is 303 g/mol. The van der Waals surface area contributed by atoms with Crippen LogP contribution in [0.3, 0.4) is 0 Å². The van der Waals surface area contributed by atoms with Gasteiger partial charge >= 0.3 is 0 Å². The minimum absolute atomic E-state index is 0.179. The lowest BCUT2D eigenvalue weighted by Crippen LogP contribution is -2.35. The lowest BCUT2D eigenvalue weighted by molar-refractivity contribution is 0.496. The van der Waals surface area contributed by atoms with Crippen LogP contribution in [0.15, 0.2) is 36.5 Å². The van der Waals surface area contributed by atoms with E-state index < -0.39 is 0 Å². The molecule has 0 fully saturated rings. The zero-order valence-corrected chi connectivity index (χ0v) is 13.7. The van der Waals surface area contributed by atoms with Crippen LogP contribution < -0.4 is 11.1 Å². The van der Waals surface area contributed by atoms with Gasteiger partial charge in [0.2, 0.25) is 0 Å². The second-order valence-corrected chi connectivity index (χ2v) is 6.58. The van der Waals surface area contributed by atoms with Crippen molar-refractivity contribution in [1.29, 1.82) is 0 Å². The molecule has 4 heteroatoms. The Morgan fingerprint density at radius 2 is 2.05 bits per heavy atom. The van der Waals surface area contributed by atoms with E-state index >= 15 is 0 Å². The van der Waals surface area contributed by atoms with Gasteiger partial charge in [0.1, 0.15) is 5.01 Å². The highest BCUT2D eigenvalue weighted by Gasteiger charge is 2.11. The summed E-state index contributed by atoms with van der Waals surface area (Å²) in [5, 5.41) is 4.65. The minimum atomic E-state index is 0.179. The maximum Gasteiger partial charge on any atom is 0.109 e. The zero-order chi connectivity index (χ0) is 15.1. The van der Waals surface area contributed by atoms with Gasteiger partial charge in [0.15, 0.2) is 0 Å². The summed E-state index contributed by atoms with van der Waals surface area (Å²) in [6, 6.07) is 11.0. The summed E-state index contributed by atoms with van der Waals surface area (Å²) in [5.41, 5.74) is 7.55. The van der Waals surface area contributed by atoms with Crippen LogP contribution in [-0.2, 0) is 12.8 Å². The van der Waals surface area contributed by atoms with Crippen LogP contribution >= 0.6 is 11.3 Å². The predicted octanol–water partition coefficient (Wildman–Crippen LogP) is 3.32. The third-order valence-corrected chi connectivity index (χ3v) is 4.95. The van der Waals surface area contributed by atoms with Crippen LogP contribution in [0.5, 0.6) is 0 Å². The quantitative estimate of drug-likeness (QED) is 0.786. The number of hydrogen-bond donors (Lipinski definition) is 2. The molecule has 0 saturated heterocycles. The largest absolute Gasteiger partial charge is 0.327 e. The highest BCUT2D eigenvalue weighted by atomic mass is 32.1. The van der Waals surface area contributed by atoms with Crippen molar-refractivity contribution in [3.05, 3.63) is 52.0 Å². The molecule has 0 amide bonds. The number of hydrogen-bond acceptors (Lipinski definition) is 4. The fourth-order valence-electron chi connectivity index (χ4n) is 2.20. The van der Waals surface area contributed by atoms with E-state index in [9.17, 15) is 0 Å². The molecule has 0 saturated carbocycles. The Kier molecular flexibility index (Phi) is 6.36. The second-order valence-electron chi connectivity index (χ2n) is 5.43. The highest BCUT2D eigenvalue weighted by molar-refractivity contribution is 7.11. The predicted molar refractivity (Wildman–Crippen MR) is 90.6 cm³/mol. The smallest absolute Gasteiger partial charge is 0.109 e. The van der Waals surface area contributed by atoms with E-state index in [0.717, 1.165) is 30.8 Å². The van der Waals surface area contributed by atoms with Crippen molar-refractivity contribution in [2.75, 3.05) is 6.54 Å². The Morgan fingerprint density at radius 3 is 2.71 bits per heavy atom. The average Bonchev–Trinajstić information content (AvgIpc) is 3.00. The standard InChI is InChI=1S/C17H25N3S/c1-3-16-12-20-17(21-16)13(2)19-11-15(18)10-9-14-7-5-4-6-8-14/h4-8,12-13,15,19H,3,9-11,18H2,1-2H3. The number of aromatic nitrogens is 1. The molecule has 1 aromatic carbocycles. The maximum atomic E-state index is 6.20. The van der Waals surface area contributed by atoms with E-state index in [4.69, 9.17) is 5.73 Å². The van der Waals surface area contributed by atoms with E-state index in [1.165, 1.54) is 10.4 Å². The number of nitrogens with one attached hydrogen (secondary N) is 1. The van der Waals surface area contributed by atoms with Gasteiger partial charge in [-0.05, 0) is 31.7 Å². The molecule has 2 unspecified atom stereocenters. The lowest BCUT2D eigenvalue weighted by atomic mass is 10.1. The summed E-state index contributed by atoms with van der Waals surface area (Å²) in [6.07, 6.45) is 5.08. The SMILES string of the molecule is CCc1cnc(C(C)NCC(N)CCc2ccccc2)s1. The third kappa shape index (κ3) is 5.23. The molecule has 2 aromatic rings. The van der Waals surface area contributed by atoms with Gasteiger partial charge in [0.25, 0.3) is 0 Å². The summed E-state index contributed by atoms with van der Waals surface area (Å²) in [4.78, 5) is 5.81. The molecule has 0 aliphatic heterocycles. The molecule has 1 heterocycles. The summed E-state index contributed by atoms with van der Waals surface area (Å²) >= 11 is 1.79. The van der Waals surface area contributed by atoms with Crippen molar-refractivity contribution in [2.24, 2.45) is 5.73 Å². The summed E-state index contributed by atoms with van der Waals surface area (Å²) in [5.74, 6) is 0. The molecular weight excluding hydrogens is 278 g/mol. The van der Waals surface area contributed by atoms with Gasteiger partial charge in [0.05, 0.1) is 6.04 Å². The first-order valence-electron chi connectivity index (χ1n) is 7.66. The van der Waals surface area contributed by atoms with E-state index in [1.807, 2.05) is 12.3 Å². The average molecular weight is 303 g/mol. The van der Waals surface area contributed by atoms with Crippen molar-refractivity contribution in [3.63, 3.8) is 0 Å². The Labute approximate surface area is 131 Å². The minimum Gasteiger partial charge on any atom is -0.327 e. The van der Waals surface area contributed by atoms with Gasteiger partial charge in [-0.2, -0.15) is 0 Å². The van der Waals surface area contributed by atoms with Crippen molar-refractivity contribution < 1.29 is 0 Å². The Hall–Kier alpha value is -1.23. The fourth-order valence-corrected chi connectivity index (χ4v) is 3.08. The van der Waals surface area contributed by atoms with E-state index in [2.05, 4.69) is 48.4 Å². The van der Waals surface area contributed by atoms with Crippen LogP contribution in [-0.4, -0.2) is 17.6 Å². The molecule has 3 nitrogen and oxygen atoms in total. The van der Waals surface area contributed by atoms with Gasteiger partial charge in [-0.25, -0.2) is 4.98 Å². The first kappa shape index (κ1) is 16.1. The molecular formula is C17H25N3S. The van der Waals surface area contributed by atoms with Gasteiger partial charge in [-0.3, -0.25) is 0 Å². The number of thiazole rings is 1. The van der Waals surface area contributed by atoms with Crippen LogP contribution in [0, 0.1) is 0 Å². The number of aryl methyl sites for hydroxylation is 2. The molecule has 0 aliphatic carbocycles. The van der Waals surface area contributed by atoms with Crippen LogP contribution in [0.25, 0.3) is 0 Å². The summed E-state index contributed by atoms with van der Waals surface area (Å²) < 4.78 is 0. The third-order valence-electron chi connectivity index (χ3n) is 3.62. The Morgan fingerprint density at radius 1 is 1.29 bits per heavy atom. The molecule has 0 bridgehead atoms. The molecule has 0 aliphatic rings. The molecule has 2 rings (SSSR count). The molecule has 1 aromatic heterocycles. The van der Waals surface area contributed by atoms with Crippen molar-refractivity contribution >= 4 is 11.3 Å². The number of benzene rings is 1. The van der Waals surface area contributed by atoms with Crippen molar-refractivity contribution in [1.82, 2.24) is 10.3 Å². The second kappa shape index (κ2) is 8.27. The number of nitrogens with zero attached hydrogens (tertiary/aromatic N) is 1. The molecule has 21 heavy (non-hydrogen) atoms. The van der Waals surface area contributed by atoms with Gasteiger partial charge in [-0.15, -0.1) is 11.3 Å². The summed E-state index contributed by atoms with van der Waals surface area (Å²) in [7, 11) is 0. The zero-order valence-electron chi connectivity index (χ0n) is 12.9. The van der Waals surface area contributed by atoms with Crippen LogP contribution in [0.4, 0.5) is 0 Å². The van der Waals surface area contributed by atoms with Gasteiger partial charge in [0, 0.05) is 23.7 Å². The first-order valence-corrected chi connectivity index (χ1v) is 8.48. The first-order chi connectivity index (χ1) is 10.2. The lowest BCUT2D eigenvalue weighted by Gasteiger charge is -2.16. The van der Waals surface area contributed by atoms with Crippen molar-refractivity contribution in [2.45, 2.75) is 45.2 Å². The number of rotatable bonds is 8. The van der Waals surface area contributed by atoms with E-state index in [1.54, 1.807) is 11.3 Å². The molecule has 0 spiro atoms. The Balaban J connectivity index is 1.72. The van der Waals surface area contributed by atoms with E-state index in [-0.39, 0.29) is 12.1 Å². The normalized spacial score (nSPS) is 14.0. The highest BCUT2D eigenvalue weighted by Crippen LogP contribution is 2.20. The van der Waals surface area contributed by atoms with E-state index in [0.29, 0.717) is 0 Å². The molecule has 114 valence electrons. The molecule has 2 atom stereocenters. The van der Waals surface area contributed by atoms with Gasteiger partial charge < -0.3 is 11.1 Å². The fraction of sp³-hybridized carbons (Fsp3) is 0.471. The van der Waals surface area contributed by atoms with Crippen molar-refractivity contribution in [3.8, 4) is 0 Å². The molecule has 3 N–H and O–H groups in total. The Bertz CT molecular complexity index is 524. The molecule has 0 radical (unpaired) electrons.